The van der Waals surface area contributed by atoms with E-state index in [2.05, 4.69) is 17.4 Å². The van der Waals surface area contributed by atoms with Crippen molar-refractivity contribution in [2.24, 2.45) is 22.2 Å². The summed E-state index contributed by atoms with van der Waals surface area (Å²) in [5.74, 6) is 1.21. The number of oxime groups is 1. The van der Waals surface area contributed by atoms with Crippen molar-refractivity contribution in [3.8, 4) is 0 Å². The number of nitrogens with two attached hydrogens (primary N) is 1. The van der Waals surface area contributed by atoms with Crippen molar-refractivity contribution < 1.29 is 5.21 Å². The summed E-state index contributed by atoms with van der Waals surface area (Å²) in [6, 6.07) is 0.635. The van der Waals surface area contributed by atoms with E-state index in [0.717, 1.165) is 25.3 Å². The molecule has 0 radical (unpaired) electrons. The third-order valence-electron chi connectivity index (χ3n) is 4.10. The second-order valence-electron chi connectivity index (χ2n) is 5.91. The van der Waals surface area contributed by atoms with Gasteiger partial charge in [-0.05, 0) is 45.1 Å². The maximum absolute atomic E-state index is 8.67. The molecule has 4 heteroatoms. The molecule has 1 fully saturated rings. The van der Waals surface area contributed by atoms with Gasteiger partial charge >= 0.3 is 0 Å². The molecule has 1 rings (SSSR count). The molecule has 0 aromatic heterocycles. The van der Waals surface area contributed by atoms with Crippen LogP contribution in [0, 0.1) is 11.3 Å². The lowest BCUT2D eigenvalue weighted by atomic mass is 9.80. The van der Waals surface area contributed by atoms with E-state index in [9.17, 15) is 0 Å². The molecule has 1 atom stereocenters. The summed E-state index contributed by atoms with van der Waals surface area (Å²) >= 11 is 0. The van der Waals surface area contributed by atoms with Gasteiger partial charge in [-0.2, -0.15) is 0 Å². The molecule has 1 saturated carbocycles. The number of nitrogens with zero attached hydrogens (tertiary/aromatic N) is 1. The minimum atomic E-state index is -0.212. The quantitative estimate of drug-likeness (QED) is 0.211. The van der Waals surface area contributed by atoms with Gasteiger partial charge in [-0.25, -0.2) is 0 Å². The first-order valence-electron chi connectivity index (χ1n) is 6.69. The molecule has 0 aliphatic heterocycles. The molecule has 1 unspecified atom stereocenters. The van der Waals surface area contributed by atoms with E-state index < -0.39 is 0 Å². The van der Waals surface area contributed by atoms with Crippen LogP contribution in [0.15, 0.2) is 5.16 Å². The number of hydrogen-bond donors (Lipinski definition) is 3. The lowest BCUT2D eigenvalue weighted by Gasteiger charge is -2.32. The first-order valence-corrected chi connectivity index (χ1v) is 6.69. The van der Waals surface area contributed by atoms with Crippen molar-refractivity contribution in [1.82, 2.24) is 5.32 Å². The maximum atomic E-state index is 8.67. The lowest BCUT2D eigenvalue weighted by Crippen LogP contribution is -2.38. The minimum Gasteiger partial charge on any atom is -0.409 e. The van der Waals surface area contributed by atoms with E-state index in [4.69, 9.17) is 10.9 Å². The van der Waals surface area contributed by atoms with Crippen LogP contribution in [0.5, 0.6) is 0 Å². The fourth-order valence-electron chi connectivity index (χ4n) is 2.23. The van der Waals surface area contributed by atoms with E-state index in [-0.39, 0.29) is 5.41 Å². The fourth-order valence-corrected chi connectivity index (χ4v) is 2.23. The summed E-state index contributed by atoms with van der Waals surface area (Å²) in [6.45, 7) is 7.31. The second kappa shape index (κ2) is 6.24. The van der Waals surface area contributed by atoms with Crippen molar-refractivity contribution in [3.63, 3.8) is 0 Å². The highest BCUT2D eigenvalue weighted by molar-refractivity contribution is 5.85. The third kappa shape index (κ3) is 4.19. The molecule has 1 aliphatic rings. The van der Waals surface area contributed by atoms with Crippen LogP contribution in [0.2, 0.25) is 0 Å². The molecule has 4 nitrogen and oxygen atoms in total. The van der Waals surface area contributed by atoms with Crippen LogP contribution in [-0.4, -0.2) is 23.6 Å². The summed E-state index contributed by atoms with van der Waals surface area (Å²) in [4.78, 5) is 0. The Hall–Kier alpha value is -0.770. The topological polar surface area (TPSA) is 70.6 Å². The van der Waals surface area contributed by atoms with Crippen LogP contribution >= 0.6 is 0 Å². The molecule has 0 spiro atoms. The molecule has 100 valence electrons. The second-order valence-corrected chi connectivity index (χ2v) is 5.91. The van der Waals surface area contributed by atoms with Gasteiger partial charge in [0.15, 0.2) is 0 Å². The summed E-state index contributed by atoms with van der Waals surface area (Å²) in [6.07, 6.45) is 6.15. The standard InChI is InChI=1S/C13H27N3O/c1-10(11-6-4-7-11)15-9-5-8-13(2,3)12(14)16-17/h10-11,15,17H,4-9H2,1-3H3,(H2,14,16). The van der Waals surface area contributed by atoms with Gasteiger partial charge in [0.25, 0.3) is 0 Å². The number of nitrogens with one attached hydrogen (secondary N) is 1. The number of amidine groups is 1. The first-order chi connectivity index (χ1) is 7.97. The highest BCUT2D eigenvalue weighted by Crippen LogP contribution is 2.29. The monoisotopic (exact) mass is 241 g/mol. The summed E-state index contributed by atoms with van der Waals surface area (Å²) < 4.78 is 0. The van der Waals surface area contributed by atoms with Gasteiger partial charge < -0.3 is 16.3 Å². The van der Waals surface area contributed by atoms with Crippen molar-refractivity contribution in [2.45, 2.75) is 58.9 Å². The summed E-state index contributed by atoms with van der Waals surface area (Å²) in [5.41, 5.74) is 5.44. The molecular weight excluding hydrogens is 214 g/mol. The molecule has 0 saturated heterocycles. The van der Waals surface area contributed by atoms with Crippen molar-refractivity contribution in [3.05, 3.63) is 0 Å². The maximum Gasteiger partial charge on any atom is 0.144 e. The van der Waals surface area contributed by atoms with Gasteiger partial charge in [-0.15, -0.1) is 0 Å². The van der Waals surface area contributed by atoms with Gasteiger partial charge in [-0.1, -0.05) is 25.4 Å². The van der Waals surface area contributed by atoms with Crippen molar-refractivity contribution in [1.29, 1.82) is 0 Å². The SMILES string of the molecule is CC(NCCCC(C)(C)C(N)=NO)C1CCC1. The molecule has 0 amide bonds. The van der Waals surface area contributed by atoms with Crippen molar-refractivity contribution >= 4 is 5.84 Å². The van der Waals surface area contributed by atoms with Gasteiger partial charge in [0, 0.05) is 11.5 Å². The highest BCUT2D eigenvalue weighted by Gasteiger charge is 2.25. The molecule has 0 heterocycles. The molecular formula is C13H27N3O. The zero-order valence-corrected chi connectivity index (χ0v) is 11.4. The van der Waals surface area contributed by atoms with E-state index >= 15 is 0 Å². The first kappa shape index (κ1) is 14.3. The zero-order chi connectivity index (χ0) is 12.9. The Kier molecular flexibility index (Phi) is 5.25. The van der Waals surface area contributed by atoms with E-state index in [1.807, 2.05) is 13.8 Å². The molecule has 17 heavy (non-hydrogen) atoms. The predicted molar refractivity (Wildman–Crippen MR) is 71.2 cm³/mol. The molecule has 1 aliphatic carbocycles. The Morgan fingerprint density at radius 1 is 1.53 bits per heavy atom. The van der Waals surface area contributed by atoms with Crippen LogP contribution < -0.4 is 11.1 Å². The minimum absolute atomic E-state index is 0.212. The average molecular weight is 241 g/mol. The van der Waals surface area contributed by atoms with Crippen LogP contribution in [0.1, 0.15) is 52.9 Å². The van der Waals surface area contributed by atoms with Crippen LogP contribution in [0.4, 0.5) is 0 Å². The number of hydrogen-bond acceptors (Lipinski definition) is 3. The van der Waals surface area contributed by atoms with Crippen LogP contribution in [-0.2, 0) is 0 Å². The van der Waals surface area contributed by atoms with Crippen LogP contribution in [0.3, 0.4) is 0 Å². The third-order valence-corrected chi connectivity index (χ3v) is 4.10. The number of rotatable bonds is 7. The Morgan fingerprint density at radius 2 is 2.18 bits per heavy atom. The Morgan fingerprint density at radius 3 is 2.65 bits per heavy atom. The Balaban J connectivity index is 2.14. The Labute approximate surface area is 105 Å². The zero-order valence-electron chi connectivity index (χ0n) is 11.4. The normalized spacial score (nSPS) is 20.1. The van der Waals surface area contributed by atoms with Crippen molar-refractivity contribution in [2.75, 3.05) is 6.54 Å². The molecule has 0 aromatic rings. The average Bonchev–Trinajstić information content (AvgIpc) is 2.20. The van der Waals surface area contributed by atoms with Gasteiger partial charge in [0.05, 0.1) is 0 Å². The predicted octanol–water partition coefficient (Wildman–Crippen LogP) is 2.32. The van der Waals surface area contributed by atoms with E-state index in [1.54, 1.807) is 0 Å². The Bertz CT molecular complexity index is 259. The fraction of sp³-hybridized carbons (Fsp3) is 0.923. The van der Waals surface area contributed by atoms with E-state index in [0.29, 0.717) is 11.9 Å². The van der Waals surface area contributed by atoms with E-state index in [1.165, 1.54) is 19.3 Å². The lowest BCUT2D eigenvalue weighted by molar-refractivity contribution is 0.239. The van der Waals surface area contributed by atoms with Gasteiger partial charge in [-0.3, -0.25) is 0 Å². The van der Waals surface area contributed by atoms with Crippen LogP contribution in [0.25, 0.3) is 0 Å². The van der Waals surface area contributed by atoms with Gasteiger partial charge in [0.2, 0.25) is 0 Å². The highest BCUT2D eigenvalue weighted by atomic mass is 16.4. The summed E-state index contributed by atoms with van der Waals surface area (Å²) in [7, 11) is 0. The summed E-state index contributed by atoms with van der Waals surface area (Å²) in [5, 5.41) is 15.3. The van der Waals surface area contributed by atoms with Gasteiger partial charge in [0.1, 0.15) is 5.84 Å². The molecule has 4 N–H and O–H groups in total. The largest absolute Gasteiger partial charge is 0.409 e. The molecule has 0 bridgehead atoms. The molecule has 0 aromatic carbocycles. The smallest absolute Gasteiger partial charge is 0.144 e.